The number of allylic oxidation sites excluding steroid dienone is 2. The van der Waals surface area contributed by atoms with E-state index in [1.165, 1.54) is 30.6 Å². The Morgan fingerprint density at radius 1 is 0.857 bits per heavy atom. The number of nitrogens with one attached hydrogen (secondary N) is 2. The molecule has 0 fully saturated rings. The van der Waals surface area contributed by atoms with Gasteiger partial charge in [0.1, 0.15) is 0 Å². The number of rotatable bonds is 6. The molecule has 8 nitrogen and oxygen atoms in total. The largest absolute Gasteiger partial charge is 0.368 e. The minimum absolute atomic E-state index is 0.259. The minimum Gasteiger partial charge on any atom is -0.368 e. The summed E-state index contributed by atoms with van der Waals surface area (Å²) in [5.41, 5.74) is 15.6. The summed E-state index contributed by atoms with van der Waals surface area (Å²) < 4.78 is 0.940. The SMILES string of the molecule is NC(=NN=C(N)NC(=O)C=Cc1ccccc1C1=CCCCC1)NC(=O)C=Cc1ccc(Br)cc1. The Hall–Kier alpha value is -3.98. The van der Waals surface area contributed by atoms with Crippen molar-refractivity contribution in [1.29, 1.82) is 0 Å². The molecule has 1 aliphatic rings. The van der Waals surface area contributed by atoms with Crippen LogP contribution in [0.5, 0.6) is 0 Å². The predicted molar refractivity (Wildman–Crippen MR) is 145 cm³/mol. The Balaban J connectivity index is 1.53. The van der Waals surface area contributed by atoms with Crippen LogP contribution < -0.4 is 22.1 Å². The molecular formula is C26H27BrN6O2. The van der Waals surface area contributed by atoms with E-state index >= 15 is 0 Å². The zero-order valence-corrected chi connectivity index (χ0v) is 20.7. The Morgan fingerprint density at radius 3 is 2.11 bits per heavy atom. The van der Waals surface area contributed by atoms with Crippen molar-refractivity contribution < 1.29 is 9.59 Å². The van der Waals surface area contributed by atoms with Crippen molar-refractivity contribution >= 4 is 57.4 Å². The summed E-state index contributed by atoms with van der Waals surface area (Å²) in [7, 11) is 0. The molecule has 0 atom stereocenters. The molecule has 0 saturated heterocycles. The smallest absolute Gasteiger partial charge is 0.250 e. The summed E-state index contributed by atoms with van der Waals surface area (Å²) in [6, 6.07) is 15.4. The van der Waals surface area contributed by atoms with Crippen LogP contribution in [-0.2, 0) is 9.59 Å². The standard InChI is InChI=1S/C26H27BrN6O2/c27-21-14-10-18(11-15-21)12-16-23(34)30-25(28)32-33-26(29)31-24(35)17-13-20-8-4-5-9-22(20)19-6-2-1-3-7-19/h4-6,8-17H,1-3,7H2,(H3,28,30,32,34)(H3,29,31,33,35). The highest BCUT2D eigenvalue weighted by molar-refractivity contribution is 9.10. The van der Waals surface area contributed by atoms with Gasteiger partial charge in [-0.1, -0.05) is 58.4 Å². The number of nitrogens with zero attached hydrogens (tertiary/aromatic N) is 2. The first-order valence-electron chi connectivity index (χ1n) is 11.1. The maximum Gasteiger partial charge on any atom is 0.250 e. The van der Waals surface area contributed by atoms with E-state index in [0.29, 0.717) is 0 Å². The number of nitrogens with two attached hydrogens (primary N) is 2. The van der Waals surface area contributed by atoms with Crippen molar-refractivity contribution in [2.75, 3.05) is 0 Å². The maximum absolute atomic E-state index is 12.2. The van der Waals surface area contributed by atoms with E-state index in [1.54, 1.807) is 12.2 Å². The van der Waals surface area contributed by atoms with Gasteiger partial charge >= 0.3 is 0 Å². The van der Waals surface area contributed by atoms with E-state index in [4.69, 9.17) is 11.5 Å². The van der Waals surface area contributed by atoms with Gasteiger partial charge in [0.2, 0.25) is 11.9 Å². The molecular weight excluding hydrogens is 508 g/mol. The molecule has 3 rings (SSSR count). The van der Waals surface area contributed by atoms with Crippen molar-refractivity contribution in [3.63, 3.8) is 0 Å². The van der Waals surface area contributed by atoms with E-state index in [2.05, 4.69) is 48.9 Å². The minimum atomic E-state index is -0.485. The highest BCUT2D eigenvalue weighted by atomic mass is 79.9. The second kappa shape index (κ2) is 13.0. The number of carbonyl (C=O) groups excluding carboxylic acids is 2. The molecule has 9 heteroatoms. The zero-order valence-electron chi connectivity index (χ0n) is 19.1. The van der Waals surface area contributed by atoms with Gasteiger partial charge in [-0.25, -0.2) is 0 Å². The van der Waals surface area contributed by atoms with Gasteiger partial charge in [0, 0.05) is 16.6 Å². The summed E-state index contributed by atoms with van der Waals surface area (Å²) in [5, 5.41) is 12.0. The van der Waals surface area contributed by atoms with E-state index in [9.17, 15) is 9.59 Å². The third kappa shape index (κ3) is 8.71. The van der Waals surface area contributed by atoms with Gasteiger partial charge in [-0.3, -0.25) is 20.2 Å². The van der Waals surface area contributed by atoms with Crippen molar-refractivity contribution in [3.05, 3.63) is 87.9 Å². The number of halogens is 1. The molecule has 0 radical (unpaired) electrons. The number of hydrogen-bond donors (Lipinski definition) is 4. The molecule has 35 heavy (non-hydrogen) atoms. The first kappa shape index (κ1) is 25.6. The molecule has 2 aromatic carbocycles. The number of guanidine groups is 2. The summed E-state index contributed by atoms with van der Waals surface area (Å²) in [5.74, 6) is -1.47. The van der Waals surface area contributed by atoms with Crippen LogP contribution in [0.2, 0.25) is 0 Å². The predicted octanol–water partition coefficient (Wildman–Crippen LogP) is 3.91. The second-order valence-electron chi connectivity index (χ2n) is 7.73. The summed E-state index contributed by atoms with van der Waals surface area (Å²) >= 11 is 3.35. The molecule has 1 aliphatic carbocycles. The number of hydrogen-bond acceptors (Lipinski definition) is 4. The van der Waals surface area contributed by atoms with Gasteiger partial charge in [-0.15, -0.1) is 10.2 Å². The quantitative estimate of drug-likeness (QED) is 0.193. The molecule has 0 heterocycles. The third-order valence-electron chi connectivity index (χ3n) is 5.08. The van der Waals surface area contributed by atoms with Gasteiger partial charge in [-0.05, 0) is 72.2 Å². The van der Waals surface area contributed by atoms with Crippen molar-refractivity contribution in [2.24, 2.45) is 21.7 Å². The summed E-state index contributed by atoms with van der Waals surface area (Å²) in [6.07, 6.45) is 12.8. The van der Waals surface area contributed by atoms with Gasteiger partial charge in [0.25, 0.3) is 11.8 Å². The monoisotopic (exact) mass is 534 g/mol. The highest BCUT2D eigenvalue weighted by Crippen LogP contribution is 2.29. The second-order valence-corrected chi connectivity index (χ2v) is 8.65. The van der Waals surface area contributed by atoms with Gasteiger partial charge in [0.15, 0.2) is 0 Å². The molecule has 2 amide bonds. The highest BCUT2D eigenvalue weighted by Gasteiger charge is 2.09. The molecule has 0 aromatic heterocycles. The van der Waals surface area contributed by atoms with Crippen LogP contribution in [0.25, 0.3) is 17.7 Å². The average molecular weight is 535 g/mol. The lowest BCUT2D eigenvalue weighted by Gasteiger charge is -2.15. The third-order valence-corrected chi connectivity index (χ3v) is 5.61. The molecule has 2 aromatic rings. The van der Waals surface area contributed by atoms with Crippen LogP contribution in [0.15, 0.2) is 81.4 Å². The lowest BCUT2D eigenvalue weighted by atomic mass is 9.90. The van der Waals surface area contributed by atoms with Crippen molar-refractivity contribution in [3.8, 4) is 0 Å². The van der Waals surface area contributed by atoms with Crippen molar-refractivity contribution in [2.45, 2.75) is 25.7 Å². The average Bonchev–Trinajstić information content (AvgIpc) is 2.86. The molecule has 0 bridgehead atoms. The zero-order chi connectivity index (χ0) is 25.0. The fraction of sp³-hybridized carbons (Fsp3) is 0.154. The Bertz CT molecular complexity index is 1210. The first-order chi connectivity index (χ1) is 16.9. The number of carbonyl (C=O) groups is 2. The van der Waals surface area contributed by atoms with Crippen LogP contribution in [0.4, 0.5) is 0 Å². The van der Waals surface area contributed by atoms with Gasteiger partial charge in [0.05, 0.1) is 0 Å². The Labute approximate surface area is 212 Å². The fourth-order valence-electron chi connectivity index (χ4n) is 3.42. The van der Waals surface area contributed by atoms with Crippen LogP contribution in [-0.4, -0.2) is 23.7 Å². The van der Waals surface area contributed by atoms with Gasteiger partial charge in [-0.2, -0.15) is 0 Å². The number of amides is 2. The molecule has 0 aliphatic heterocycles. The molecule has 0 spiro atoms. The lowest BCUT2D eigenvalue weighted by molar-refractivity contribution is -0.116. The van der Waals surface area contributed by atoms with E-state index in [-0.39, 0.29) is 11.9 Å². The number of benzene rings is 2. The van der Waals surface area contributed by atoms with Crippen LogP contribution in [0.3, 0.4) is 0 Å². The van der Waals surface area contributed by atoms with Crippen LogP contribution >= 0.6 is 15.9 Å². The van der Waals surface area contributed by atoms with E-state index < -0.39 is 11.8 Å². The Morgan fingerprint density at radius 2 is 1.49 bits per heavy atom. The summed E-state index contributed by atoms with van der Waals surface area (Å²) in [6.45, 7) is 0. The molecule has 180 valence electrons. The molecule has 6 N–H and O–H groups in total. The summed E-state index contributed by atoms with van der Waals surface area (Å²) in [4.78, 5) is 24.2. The first-order valence-corrected chi connectivity index (χ1v) is 11.9. The van der Waals surface area contributed by atoms with Crippen LogP contribution in [0.1, 0.15) is 42.4 Å². The lowest BCUT2D eigenvalue weighted by Crippen LogP contribution is -2.37. The van der Waals surface area contributed by atoms with E-state index in [1.807, 2.05) is 42.5 Å². The van der Waals surface area contributed by atoms with Crippen molar-refractivity contribution in [1.82, 2.24) is 10.6 Å². The molecule has 0 saturated carbocycles. The molecule has 0 unspecified atom stereocenters. The van der Waals surface area contributed by atoms with Gasteiger partial charge < -0.3 is 11.5 Å². The fourth-order valence-corrected chi connectivity index (χ4v) is 3.69. The Kier molecular flexibility index (Phi) is 9.56. The van der Waals surface area contributed by atoms with Crippen LogP contribution in [0, 0.1) is 0 Å². The topological polar surface area (TPSA) is 135 Å². The maximum atomic E-state index is 12.2. The normalized spacial score (nSPS) is 14.7. The van der Waals surface area contributed by atoms with E-state index in [0.717, 1.165) is 34.0 Å².